The summed E-state index contributed by atoms with van der Waals surface area (Å²) in [5.74, 6) is 0. The second-order valence-corrected chi connectivity index (χ2v) is 5.49. The molecule has 2 rings (SSSR count). The molecular formula is C16H26ClNO2. The highest BCUT2D eigenvalue weighted by molar-refractivity contribution is 5.85. The second-order valence-electron chi connectivity index (χ2n) is 5.49. The number of halogens is 1. The van der Waals surface area contributed by atoms with Crippen molar-refractivity contribution in [3.63, 3.8) is 0 Å². The van der Waals surface area contributed by atoms with Gasteiger partial charge in [-0.25, -0.2) is 0 Å². The van der Waals surface area contributed by atoms with E-state index in [1.165, 1.54) is 19.3 Å². The number of aliphatic hydroxyl groups excluding tert-OH is 1. The van der Waals surface area contributed by atoms with Crippen molar-refractivity contribution >= 4 is 12.4 Å². The Hall–Kier alpha value is -0.610. The van der Waals surface area contributed by atoms with E-state index in [0.717, 1.165) is 18.7 Å². The van der Waals surface area contributed by atoms with Gasteiger partial charge in [0.15, 0.2) is 0 Å². The van der Waals surface area contributed by atoms with Crippen molar-refractivity contribution in [2.75, 3.05) is 19.7 Å². The first kappa shape index (κ1) is 17.4. The molecule has 1 N–H and O–H groups in total. The van der Waals surface area contributed by atoms with E-state index in [0.29, 0.717) is 19.3 Å². The Labute approximate surface area is 128 Å². The second kappa shape index (κ2) is 9.35. The van der Waals surface area contributed by atoms with Crippen molar-refractivity contribution in [2.45, 2.75) is 44.9 Å². The third-order valence-corrected chi connectivity index (χ3v) is 3.81. The minimum absolute atomic E-state index is 0. The summed E-state index contributed by atoms with van der Waals surface area (Å²) >= 11 is 0. The number of piperidine rings is 1. The molecule has 1 fully saturated rings. The maximum absolute atomic E-state index is 10.0. The minimum Gasteiger partial charge on any atom is -0.389 e. The average Bonchev–Trinajstić information content (AvgIpc) is 2.43. The maximum atomic E-state index is 10.0. The van der Waals surface area contributed by atoms with Gasteiger partial charge in [0.1, 0.15) is 0 Å². The predicted molar refractivity (Wildman–Crippen MR) is 84.2 cm³/mol. The van der Waals surface area contributed by atoms with Gasteiger partial charge in [0.2, 0.25) is 0 Å². The van der Waals surface area contributed by atoms with E-state index in [1.54, 1.807) is 0 Å². The van der Waals surface area contributed by atoms with E-state index >= 15 is 0 Å². The highest BCUT2D eigenvalue weighted by atomic mass is 35.5. The summed E-state index contributed by atoms with van der Waals surface area (Å²) in [6, 6.07) is 10.7. The first-order chi connectivity index (χ1) is 9.25. The lowest BCUT2D eigenvalue weighted by molar-refractivity contribution is -0.00139. The molecule has 0 radical (unpaired) electrons. The lowest BCUT2D eigenvalue weighted by atomic mass is 10.0. The van der Waals surface area contributed by atoms with E-state index in [4.69, 9.17) is 4.74 Å². The van der Waals surface area contributed by atoms with Crippen molar-refractivity contribution < 1.29 is 9.84 Å². The predicted octanol–water partition coefficient (Wildman–Crippen LogP) is 2.86. The smallest absolute Gasteiger partial charge is 0.0900 e. The Balaban J connectivity index is 0.00000200. The molecule has 4 heteroatoms. The Morgan fingerprint density at radius 1 is 1.30 bits per heavy atom. The van der Waals surface area contributed by atoms with Gasteiger partial charge in [0.25, 0.3) is 0 Å². The van der Waals surface area contributed by atoms with Crippen LogP contribution in [-0.2, 0) is 11.3 Å². The van der Waals surface area contributed by atoms with Crippen LogP contribution in [0.4, 0.5) is 0 Å². The lowest BCUT2D eigenvalue weighted by Crippen LogP contribution is -2.43. The Bertz CT molecular complexity index is 361. The van der Waals surface area contributed by atoms with E-state index in [1.807, 2.05) is 30.3 Å². The molecule has 2 atom stereocenters. The third kappa shape index (κ3) is 5.80. The molecule has 1 saturated heterocycles. The average molecular weight is 300 g/mol. The van der Waals surface area contributed by atoms with Gasteiger partial charge in [-0.05, 0) is 31.9 Å². The Morgan fingerprint density at radius 2 is 2.05 bits per heavy atom. The van der Waals surface area contributed by atoms with Crippen molar-refractivity contribution in [1.29, 1.82) is 0 Å². The molecule has 0 aliphatic carbocycles. The van der Waals surface area contributed by atoms with Crippen molar-refractivity contribution in [2.24, 2.45) is 0 Å². The molecule has 0 aromatic heterocycles. The number of benzene rings is 1. The fraction of sp³-hybridized carbons (Fsp3) is 0.625. The van der Waals surface area contributed by atoms with Crippen LogP contribution < -0.4 is 0 Å². The first-order valence-electron chi connectivity index (χ1n) is 7.29. The van der Waals surface area contributed by atoms with Gasteiger partial charge >= 0.3 is 0 Å². The quantitative estimate of drug-likeness (QED) is 0.877. The van der Waals surface area contributed by atoms with Gasteiger partial charge in [-0.2, -0.15) is 0 Å². The van der Waals surface area contributed by atoms with Crippen LogP contribution in [-0.4, -0.2) is 41.8 Å². The zero-order valence-corrected chi connectivity index (χ0v) is 13.0. The van der Waals surface area contributed by atoms with Gasteiger partial charge in [0.05, 0.1) is 19.3 Å². The zero-order valence-electron chi connectivity index (χ0n) is 12.2. The highest BCUT2D eigenvalue weighted by Crippen LogP contribution is 2.16. The molecule has 1 heterocycles. The molecule has 0 saturated carbocycles. The summed E-state index contributed by atoms with van der Waals surface area (Å²) in [6.07, 6.45) is 3.43. The van der Waals surface area contributed by atoms with Crippen LogP contribution in [0.15, 0.2) is 30.3 Å². The summed E-state index contributed by atoms with van der Waals surface area (Å²) in [7, 11) is 0. The number of likely N-dealkylation sites (tertiary alicyclic amines) is 1. The molecule has 0 amide bonds. The minimum atomic E-state index is -0.385. The maximum Gasteiger partial charge on any atom is 0.0900 e. The normalized spacial score (nSPS) is 21.2. The molecule has 3 nitrogen and oxygen atoms in total. The number of β-amino-alcohol motifs (C(OH)–C–C–N with tert-alkyl or cyclic N) is 1. The van der Waals surface area contributed by atoms with Crippen LogP contribution in [0.2, 0.25) is 0 Å². The van der Waals surface area contributed by atoms with E-state index < -0.39 is 0 Å². The summed E-state index contributed by atoms with van der Waals surface area (Å²) in [6.45, 7) is 5.08. The molecular weight excluding hydrogens is 274 g/mol. The van der Waals surface area contributed by atoms with Crippen molar-refractivity contribution in [3.05, 3.63) is 35.9 Å². The largest absolute Gasteiger partial charge is 0.389 e. The standard InChI is InChI=1S/C16H25NO2.ClH/c1-14-7-5-6-10-17(14)11-16(18)13-19-12-15-8-3-2-4-9-15;/h2-4,8-9,14,16,18H,5-7,10-13H2,1H3;1H. The van der Waals surface area contributed by atoms with E-state index in [9.17, 15) is 5.11 Å². The number of rotatable bonds is 6. The summed E-state index contributed by atoms with van der Waals surface area (Å²) in [5.41, 5.74) is 1.15. The van der Waals surface area contributed by atoms with Crippen LogP contribution >= 0.6 is 12.4 Å². The third-order valence-electron chi connectivity index (χ3n) is 3.81. The molecule has 1 aromatic rings. The van der Waals surface area contributed by atoms with Crippen LogP contribution in [0.5, 0.6) is 0 Å². The van der Waals surface area contributed by atoms with Crippen LogP contribution in [0.1, 0.15) is 31.7 Å². The number of hydrogen-bond acceptors (Lipinski definition) is 3. The Kier molecular flexibility index (Phi) is 8.15. The summed E-state index contributed by atoms with van der Waals surface area (Å²) < 4.78 is 5.58. The monoisotopic (exact) mass is 299 g/mol. The van der Waals surface area contributed by atoms with Gasteiger partial charge < -0.3 is 9.84 Å². The molecule has 2 unspecified atom stereocenters. The van der Waals surface area contributed by atoms with Crippen LogP contribution in [0, 0.1) is 0 Å². The first-order valence-corrected chi connectivity index (χ1v) is 7.29. The SMILES string of the molecule is CC1CCCCN1CC(O)COCc1ccccc1.Cl. The molecule has 1 aromatic carbocycles. The lowest BCUT2D eigenvalue weighted by Gasteiger charge is -2.34. The number of nitrogens with zero attached hydrogens (tertiary/aromatic N) is 1. The molecule has 20 heavy (non-hydrogen) atoms. The van der Waals surface area contributed by atoms with Gasteiger partial charge in [-0.15, -0.1) is 12.4 Å². The van der Waals surface area contributed by atoms with Crippen LogP contribution in [0.3, 0.4) is 0 Å². The number of ether oxygens (including phenoxy) is 1. The van der Waals surface area contributed by atoms with Crippen molar-refractivity contribution in [3.8, 4) is 0 Å². The van der Waals surface area contributed by atoms with Gasteiger partial charge in [-0.1, -0.05) is 36.8 Å². The molecule has 0 spiro atoms. The summed E-state index contributed by atoms with van der Waals surface area (Å²) in [5, 5.41) is 10.0. The fourth-order valence-electron chi connectivity index (χ4n) is 2.64. The number of hydrogen-bond donors (Lipinski definition) is 1. The Morgan fingerprint density at radius 3 is 2.75 bits per heavy atom. The molecule has 114 valence electrons. The van der Waals surface area contributed by atoms with Gasteiger partial charge in [0, 0.05) is 12.6 Å². The van der Waals surface area contributed by atoms with E-state index in [2.05, 4.69) is 11.8 Å². The highest BCUT2D eigenvalue weighted by Gasteiger charge is 2.20. The summed E-state index contributed by atoms with van der Waals surface area (Å²) in [4.78, 5) is 2.38. The zero-order chi connectivity index (χ0) is 13.5. The molecule has 0 bridgehead atoms. The van der Waals surface area contributed by atoms with E-state index in [-0.39, 0.29) is 18.5 Å². The molecule has 1 aliphatic rings. The van der Waals surface area contributed by atoms with Crippen molar-refractivity contribution in [1.82, 2.24) is 4.90 Å². The van der Waals surface area contributed by atoms with Gasteiger partial charge in [-0.3, -0.25) is 4.90 Å². The fourth-order valence-corrected chi connectivity index (χ4v) is 2.64. The van der Waals surface area contributed by atoms with Crippen LogP contribution in [0.25, 0.3) is 0 Å². The molecule has 1 aliphatic heterocycles. The topological polar surface area (TPSA) is 32.7 Å². The number of aliphatic hydroxyl groups is 1.